The zero-order valence-corrected chi connectivity index (χ0v) is 16.7. The molecule has 0 saturated carbocycles. The van der Waals surface area contributed by atoms with E-state index in [1.165, 1.54) is 25.1 Å². The number of likely N-dealkylation sites (N-methyl/N-ethyl adjacent to an activating group) is 1. The molecule has 0 aliphatic carbocycles. The lowest BCUT2D eigenvalue weighted by atomic mass is 9.99. The van der Waals surface area contributed by atoms with Crippen molar-refractivity contribution in [2.75, 3.05) is 59.4 Å². The van der Waals surface area contributed by atoms with Gasteiger partial charge in [0, 0.05) is 57.8 Å². The van der Waals surface area contributed by atoms with Crippen molar-refractivity contribution in [2.24, 2.45) is 4.99 Å². The van der Waals surface area contributed by atoms with E-state index in [9.17, 15) is 0 Å². The minimum atomic E-state index is 0.505. The third-order valence-electron chi connectivity index (χ3n) is 5.76. The molecule has 1 aromatic rings. The van der Waals surface area contributed by atoms with Crippen molar-refractivity contribution in [1.29, 1.82) is 0 Å². The van der Waals surface area contributed by atoms with Crippen molar-refractivity contribution in [3.05, 3.63) is 35.9 Å². The van der Waals surface area contributed by atoms with Crippen LogP contribution in [0.15, 0.2) is 35.3 Å². The summed E-state index contributed by atoms with van der Waals surface area (Å²) in [7, 11) is 2.21. The fourth-order valence-corrected chi connectivity index (χ4v) is 3.97. The normalized spacial score (nSPS) is 24.0. The van der Waals surface area contributed by atoms with Crippen LogP contribution in [-0.2, 0) is 0 Å². The Hall–Kier alpha value is -1.59. The third-order valence-corrected chi connectivity index (χ3v) is 5.76. The second-order valence-electron chi connectivity index (χ2n) is 7.73. The Morgan fingerprint density at radius 3 is 2.58 bits per heavy atom. The standard InChI is InChI=1S/C21H35N5/c1-4-22-21(23-16-18(2)25-14-12-24(3)13-15-25)26-11-10-20(17-26)19-8-6-5-7-9-19/h5-9,18,20H,4,10-17H2,1-3H3,(H,22,23). The van der Waals surface area contributed by atoms with Crippen LogP contribution in [0, 0.1) is 0 Å². The third kappa shape index (κ3) is 4.98. The van der Waals surface area contributed by atoms with Crippen LogP contribution in [0.1, 0.15) is 31.7 Å². The molecule has 144 valence electrons. The molecule has 0 amide bonds. The first-order valence-electron chi connectivity index (χ1n) is 10.2. The Balaban J connectivity index is 1.57. The van der Waals surface area contributed by atoms with E-state index in [4.69, 9.17) is 4.99 Å². The lowest BCUT2D eigenvalue weighted by molar-refractivity contribution is 0.122. The number of rotatable bonds is 5. The van der Waals surface area contributed by atoms with Gasteiger partial charge in [0.05, 0.1) is 6.54 Å². The lowest BCUT2D eigenvalue weighted by Crippen LogP contribution is -2.49. The molecule has 2 aliphatic rings. The molecule has 2 atom stereocenters. The second kappa shape index (κ2) is 9.38. The molecule has 1 N–H and O–H groups in total. The SMILES string of the molecule is CCNC(=NCC(C)N1CCN(C)CC1)N1CCC(c2ccccc2)C1. The fourth-order valence-electron chi connectivity index (χ4n) is 3.97. The van der Waals surface area contributed by atoms with E-state index in [-0.39, 0.29) is 0 Å². The molecule has 0 spiro atoms. The van der Waals surface area contributed by atoms with Gasteiger partial charge in [0.2, 0.25) is 0 Å². The van der Waals surface area contributed by atoms with E-state index < -0.39 is 0 Å². The van der Waals surface area contributed by atoms with Crippen molar-refractivity contribution >= 4 is 5.96 Å². The van der Waals surface area contributed by atoms with Crippen LogP contribution >= 0.6 is 0 Å². The number of nitrogens with zero attached hydrogens (tertiary/aromatic N) is 4. The topological polar surface area (TPSA) is 34.1 Å². The summed E-state index contributed by atoms with van der Waals surface area (Å²) in [6, 6.07) is 11.4. The largest absolute Gasteiger partial charge is 0.357 e. The maximum absolute atomic E-state index is 4.99. The number of hydrogen-bond acceptors (Lipinski definition) is 3. The van der Waals surface area contributed by atoms with Crippen LogP contribution in [0.4, 0.5) is 0 Å². The maximum atomic E-state index is 4.99. The quantitative estimate of drug-likeness (QED) is 0.646. The van der Waals surface area contributed by atoms with E-state index in [1.807, 2.05) is 0 Å². The van der Waals surface area contributed by atoms with Crippen LogP contribution in [0.3, 0.4) is 0 Å². The summed E-state index contributed by atoms with van der Waals surface area (Å²) < 4.78 is 0. The molecular formula is C21H35N5. The van der Waals surface area contributed by atoms with Crippen molar-refractivity contribution in [3.8, 4) is 0 Å². The number of benzene rings is 1. The van der Waals surface area contributed by atoms with E-state index in [0.29, 0.717) is 12.0 Å². The molecule has 2 saturated heterocycles. The number of nitrogens with one attached hydrogen (secondary N) is 1. The van der Waals surface area contributed by atoms with Crippen LogP contribution < -0.4 is 5.32 Å². The maximum Gasteiger partial charge on any atom is 0.193 e. The minimum absolute atomic E-state index is 0.505. The number of hydrogen-bond donors (Lipinski definition) is 1. The van der Waals surface area contributed by atoms with Gasteiger partial charge in [-0.1, -0.05) is 30.3 Å². The van der Waals surface area contributed by atoms with E-state index >= 15 is 0 Å². The van der Waals surface area contributed by atoms with Crippen LogP contribution in [0.25, 0.3) is 0 Å². The smallest absolute Gasteiger partial charge is 0.193 e. The Kier molecular flexibility index (Phi) is 6.92. The highest BCUT2D eigenvalue weighted by Crippen LogP contribution is 2.26. The zero-order chi connectivity index (χ0) is 18.4. The van der Waals surface area contributed by atoms with E-state index in [0.717, 1.165) is 45.2 Å². The van der Waals surface area contributed by atoms with Gasteiger partial charge in [0.1, 0.15) is 0 Å². The van der Waals surface area contributed by atoms with Crippen LogP contribution in [0.5, 0.6) is 0 Å². The molecule has 2 aliphatic heterocycles. The fraction of sp³-hybridized carbons (Fsp3) is 0.667. The predicted octanol–water partition coefficient (Wildman–Crippen LogP) is 2.08. The summed E-state index contributed by atoms with van der Waals surface area (Å²) in [6.07, 6.45) is 1.21. The Bertz CT molecular complexity index is 565. The summed E-state index contributed by atoms with van der Waals surface area (Å²) in [5.74, 6) is 1.71. The average molecular weight is 358 g/mol. The van der Waals surface area contributed by atoms with Gasteiger partial charge in [-0.05, 0) is 32.9 Å². The zero-order valence-electron chi connectivity index (χ0n) is 16.7. The lowest BCUT2D eigenvalue weighted by Gasteiger charge is -2.36. The minimum Gasteiger partial charge on any atom is -0.357 e. The van der Waals surface area contributed by atoms with Gasteiger partial charge in [0.15, 0.2) is 5.96 Å². The molecule has 0 radical (unpaired) electrons. The van der Waals surface area contributed by atoms with Crippen molar-refractivity contribution in [2.45, 2.75) is 32.2 Å². The number of piperazine rings is 1. The molecule has 2 fully saturated rings. The molecule has 2 heterocycles. The Labute approximate surface area is 159 Å². The Morgan fingerprint density at radius 2 is 1.88 bits per heavy atom. The molecule has 5 nitrogen and oxygen atoms in total. The molecule has 0 aromatic heterocycles. The van der Waals surface area contributed by atoms with Gasteiger partial charge in [-0.25, -0.2) is 0 Å². The molecule has 1 aromatic carbocycles. The molecule has 5 heteroatoms. The first-order valence-corrected chi connectivity index (χ1v) is 10.2. The summed E-state index contributed by atoms with van der Waals surface area (Å²) >= 11 is 0. The van der Waals surface area contributed by atoms with E-state index in [1.54, 1.807) is 0 Å². The molecule has 0 bridgehead atoms. The van der Waals surface area contributed by atoms with Crippen molar-refractivity contribution < 1.29 is 0 Å². The molecular weight excluding hydrogens is 322 g/mol. The highest BCUT2D eigenvalue weighted by Gasteiger charge is 2.26. The molecule has 3 rings (SSSR count). The first kappa shape index (κ1) is 19.2. The molecule has 26 heavy (non-hydrogen) atoms. The highest BCUT2D eigenvalue weighted by molar-refractivity contribution is 5.80. The first-order chi connectivity index (χ1) is 12.7. The monoisotopic (exact) mass is 357 g/mol. The van der Waals surface area contributed by atoms with Gasteiger partial charge in [-0.3, -0.25) is 9.89 Å². The van der Waals surface area contributed by atoms with Crippen molar-refractivity contribution in [3.63, 3.8) is 0 Å². The van der Waals surface area contributed by atoms with Gasteiger partial charge in [-0.2, -0.15) is 0 Å². The van der Waals surface area contributed by atoms with E-state index in [2.05, 4.69) is 71.2 Å². The van der Waals surface area contributed by atoms with Gasteiger partial charge < -0.3 is 15.1 Å². The second-order valence-corrected chi connectivity index (χ2v) is 7.73. The number of guanidine groups is 1. The highest BCUT2D eigenvalue weighted by atomic mass is 15.3. The number of likely N-dealkylation sites (tertiary alicyclic amines) is 1. The van der Waals surface area contributed by atoms with Gasteiger partial charge in [-0.15, -0.1) is 0 Å². The summed E-state index contributed by atoms with van der Waals surface area (Å²) in [5.41, 5.74) is 1.46. The number of aliphatic imine (C=N–C) groups is 1. The van der Waals surface area contributed by atoms with Crippen molar-refractivity contribution in [1.82, 2.24) is 20.0 Å². The summed E-state index contributed by atoms with van der Waals surface area (Å²) in [6.45, 7) is 13.1. The molecule has 2 unspecified atom stereocenters. The van der Waals surface area contributed by atoms with Crippen LogP contribution in [0.2, 0.25) is 0 Å². The van der Waals surface area contributed by atoms with Crippen LogP contribution in [-0.4, -0.2) is 86.1 Å². The predicted molar refractivity (Wildman–Crippen MR) is 110 cm³/mol. The van der Waals surface area contributed by atoms with Gasteiger partial charge in [0.25, 0.3) is 0 Å². The Morgan fingerprint density at radius 1 is 1.15 bits per heavy atom. The summed E-state index contributed by atoms with van der Waals surface area (Å²) in [5, 5.41) is 3.51. The van der Waals surface area contributed by atoms with Gasteiger partial charge >= 0.3 is 0 Å². The summed E-state index contributed by atoms with van der Waals surface area (Å²) in [4.78, 5) is 12.4. The average Bonchev–Trinajstić information content (AvgIpc) is 3.16.